The van der Waals surface area contributed by atoms with Gasteiger partial charge >= 0.3 is 0 Å². The molecular formula is C91H184N4O6S3. The minimum absolute atomic E-state index is 0.321. The van der Waals surface area contributed by atoms with Gasteiger partial charge in [0.15, 0.2) is 19.7 Å². The monoisotopic (exact) mass is 1530 g/mol. The van der Waals surface area contributed by atoms with E-state index >= 15 is 0 Å². The largest absolute Gasteiger partial charge is 0.335 e. The van der Waals surface area contributed by atoms with E-state index < -0.39 is 38.7 Å². The molecule has 13 heteroatoms. The molecule has 0 spiro atoms. The average Bonchev–Trinajstić information content (AvgIpc) is 1.19. The molecule has 0 fully saturated rings. The predicted molar refractivity (Wildman–Crippen MR) is 469 cm³/mol. The number of hydrogen-bond acceptors (Lipinski definition) is 8. The zero-order valence-corrected chi connectivity index (χ0v) is 76.9. The summed E-state index contributed by atoms with van der Waals surface area (Å²) < 4.78 is 61.8. The lowest BCUT2D eigenvalue weighted by molar-refractivity contribution is -0.118. The SMILES string of the molecule is C=S(C)(=O)CCCCCCCCCCC(C)(C)C.CCC(=O)CCCCCCCCCCCS(=O)(=O)C(C)(C)C.CCCCCCCCCCCC(C)(C)C.CCCCCCCS(=O)(=O)C(C)(C)C.CCc1cncn1CCCCCCCC(C)(C)C.Cc1cnn(CCCCCCCC(C)(C)C)c1. The van der Waals surface area contributed by atoms with Gasteiger partial charge in [0.25, 0.3) is 0 Å². The predicted octanol–water partition coefficient (Wildman–Crippen LogP) is 28.5. The molecule has 1 atom stereocenters. The van der Waals surface area contributed by atoms with Gasteiger partial charge in [-0.25, -0.2) is 21.8 Å². The fraction of sp³-hybridized carbons (Fsp3) is 0.912. The topological polar surface area (TPSA) is 138 Å². The van der Waals surface area contributed by atoms with Crippen molar-refractivity contribution in [1.82, 2.24) is 19.3 Å². The molecule has 0 saturated heterocycles. The van der Waals surface area contributed by atoms with E-state index in [0.29, 0.717) is 45.4 Å². The summed E-state index contributed by atoms with van der Waals surface area (Å²) in [4.78, 5) is 15.3. The zero-order chi connectivity index (χ0) is 80.1. The Balaban J connectivity index is -0.000000580. The van der Waals surface area contributed by atoms with Gasteiger partial charge in [-0.05, 0) is 162 Å². The third kappa shape index (κ3) is 79.6. The molecule has 0 aromatic carbocycles. The summed E-state index contributed by atoms with van der Waals surface area (Å²) in [6.45, 7) is 51.5. The normalized spacial score (nSPS) is 12.9. The summed E-state index contributed by atoms with van der Waals surface area (Å²) in [5.74, 6) is 5.54. The van der Waals surface area contributed by atoms with Crippen LogP contribution in [-0.4, -0.2) is 85.0 Å². The molecule has 2 rings (SSSR count). The third-order valence-corrected chi connectivity index (χ3v) is 26.0. The summed E-state index contributed by atoms with van der Waals surface area (Å²) >= 11 is 0. The Kier molecular flexibility index (Phi) is 66.3. The van der Waals surface area contributed by atoms with Crippen LogP contribution >= 0.6 is 0 Å². The highest BCUT2D eigenvalue weighted by molar-refractivity contribution is 7.99. The second kappa shape index (κ2) is 63.6. The van der Waals surface area contributed by atoms with E-state index in [1.807, 2.05) is 25.6 Å². The first-order valence-electron chi connectivity index (χ1n) is 43.5. The molecule has 0 saturated carbocycles. The average molecular weight is 1530 g/mol. The number of unbranched alkanes of at least 4 members (excludes halogenated alkanes) is 35. The summed E-state index contributed by atoms with van der Waals surface area (Å²) in [7, 11) is -7.57. The fourth-order valence-corrected chi connectivity index (χ4v) is 15.2. The molecule has 0 amide bonds. The van der Waals surface area contributed by atoms with Crippen LogP contribution in [0.5, 0.6) is 0 Å². The molecular weight excluding hydrogens is 1340 g/mol. The van der Waals surface area contributed by atoms with Crippen LogP contribution in [0, 0.1) is 28.6 Å². The first-order valence-corrected chi connectivity index (χ1v) is 49.1. The van der Waals surface area contributed by atoms with Gasteiger partial charge in [0.1, 0.15) is 5.78 Å². The van der Waals surface area contributed by atoms with Gasteiger partial charge in [0.2, 0.25) is 0 Å². The maximum Gasteiger partial charge on any atom is 0.155 e. The maximum absolute atomic E-state index is 11.9. The van der Waals surface area contributed by atoms with Crippen molar-refractivity contribution in [3.8, 4) is 0 Å². The minimum Gasteiger partial charge on any atom is -0.335 e. The highest BCUT2D eigenvalue weighted by Gasteiger charge is 2.29. The highest BCUT2D eigenvalue weighted by atomic mass is 32.2. The van der Waals surface area contributed by atoms with Crippen LogP contribution in [0.3, 0.4) is 0 Å². The lowest BCUT2D eigenvalue weighted by Crippen LogP contribution is -2.30. The Labute approximate surface area is 653 Å². The van der Waals surface area contributed by atoms with Crippen LogP contribution in [0.25, 0.3) is 0 Å². The number of carbonyl (C=O) groups is 1. The number of nitrogens with zero attached hydrogens (tertiary/aromatic N) is 4. The molecule has 0 bridgehead atoms. The Hall–Kier alpha value is -1.99. The van der Waals surface area contributed by atoms with Gasteiger partial charge in [-0.3, -0.25) is 13.7 Å². The molecule has 0 radical (unpaired) electrons. The van der Waals surface area contributed by atoms with Gasteiger partial charge in [-0.1, -0.05) is 336 Å². The van der Waals surface area contributed by atoms with E-state index in [1.54, 1.807) is 47.8 Å². The first-order chi connectivity index (χ1) is 48.3. The van der Waals surface area contributed by atoms with Crippen molar-refractivity contribution in [1.29, 1.82) is 0 Å². The van der Waals surface area contributed by atoms with E-state index in [0.717, 1.165) is 89.5 Å². The minimum atomic E-state index is -2.94. The molecule has 0 N–H and O–H groups in total. The smallest absolute Gasteiger partial charge is 0.155 e. The second-order valence-corrected chi connectivity index (χ2v) is 46.6. The number of hydrogen-bond donors (Lipinski definition) is 0. The molecule has 0 aliphatic carbocycles. The van der Waals surface area contributed by atoms with Gasteiger partial charge < -0.3 is 4.57 Å². The van der Waals surface area contributed by atoms with Crippen molar-refractivity contribution in [3.63, 3.8) is 0 Å². The quantitative estimate of drug-likeness (QED) is 0.0471. The van der Waals surface area contributed by atoms with E-state index in [-0.39, 0.29) is 0 Å². The van der Waals surface area contributed by atoms with E-state index in [2.05, 4.69) is 142 Å². The van der Waals surface area contributed by atoms with Gasteiger partial charge in [-0.15, -0.1) is 0 Å². The maximum atomic E-state index is 11.9. The summed E-state index contributed by atoms with van der Waals surface area (Å²) in [6.07, 6.45) is 70.2. The van der Waals surface area contributed by atoms with E-state index in [9.17, 15) is 25.8 Å². The summed E-state index contributed by atoms with van der Waals surface area (Å²) in [5, 5.41) is 4.30. The molecule has 0 aliphatic heterocycles. The number of Topliss-reactive ketones (excluding diaryl/α,β-unsaturated/α-hetero) is 1. The van der Waals surface area contributed by atoms with Crippen LogP contribution in [0.15, 0.2) is 24.9 Å². The fourth-order valence-electron chi connectivity index (χ4n) is 12.0. The lowest BCUT2D eigenvalue weighted by Gasteiger charge is -2.18. The summed E-state index contributed by atoms with van der Waals surface area (Å²) in [5.41, 5.74) is 4.68. The summed E-state index contributed by atoms with van der Waals surface area (Å²) in [6, 6.07) is 0. The third-order valence-electron chi connectivity index (χ3n) is 19.5. The number of aryl methyl sites for hydroxylation is 4. The Morgan fingerprint density at radius 1 is 0.385 bits per heavy atom. The number of aromatic nitrogens is 4. The zero-order valence-electron chi connectivity index (χ0n) is 74.5. The van der Waals surface area contributed by atoms with E-state index in [4.69, 9.17) is 0 Å². The van der Waals surface area contributed by atoms with Gasteiger partial charge in [0.05, 0.1) is 33.5 Å². The molecule has 2 aromatic rings. The van der Waals surface area contributed by atoms with E-state index in [1.165, 1.54) is 242 Å². The number of sulfone groups is 2. The van der Waals surface area contributed by atoms with Crippen molar-refractivity contribution in [3.05, 3.63) is 36.2 Å². The molecule has 2 heterocycles. The molecule has 2 aromatic heterocycles. The molecule has 0 aliphatic rings. The number of imidazole rings is 1. The van der Waals surface area contributed by atoms with Crippen LogP contribution in [0.1, 0.15) is 465 Å². The molecule has 104 heavy (non-hydrogen) atoms. The Bertz CT molecular complexity index is 2580. The van der Waals surface area contributed by atoms with Crippen molar-refractivity contribution in [2.24, 2.45) is 21.7 Å². The molecule has 1 unspecified atom stereocenters. The van der Waals surface area contributed by atoms with Crippen molar-refractivity contribution in [2.45, 2.75) is 490 Å². The van der Waals surface area contributed by atoms with Crippen molar-refractivity contribution < 1.29 is 25.8 Å². The second-order valence-electron chi connectivity index (χ2n) is 38.1. The first kappa shape index (κ1) is 108. The molecule has 622 valence electrons. The van der Waals surface area contributed by atoms with Gasteiger partial charge in [-0.2, -0.15) is 5.10 Å². The van der Waals surface area contributed by atoms with Crippen LogP contribution < -0.4 is 0 Å². The van der Waals surface area contributed by atoms with Crippen LogP contribution in [0.2, 0.25) is 0 Å². The Morgan fingerprint density at radius 2 is 0.673 bits per heavy atom. The number of ketones is 1. The standard InChI is InChI=1S/C18H36O3S.C16H30N2.C16H34OS.C15H28N2.C15H32.C11H24O2S/c1-5-17(19)15-13-11-9-7-6-8-10-12-14-16-22(20,21)18(2,3)4;1-5-15-13-17-14-18(15)12-10-8-6-7-9-11-16(2,3)4;1-16(2,3)14-12-10-8-6-7-9-11-13-15-18(4,5)17;1-14-12-16-17(13-14)11-9-7-5-6-8-10-15(2,3)4;1-5-6-7-8-9-10-11-12-13-14-15(2,3)4;1-5-6-7-8-9-10-14(12,13)11(2,3)4/h5-16H2,1-4H3;13-14H,5-12H2,1-4H3;4,6-15H2,1-3,5H3;12-13H,5-11H2,1-4H3;5-14H2,1-4H3;5-10H2,1-4H3. The Morgan fingerprint density at radius 3 is 0.952 bits per heavy atom. The number of carbonyl (C=O) groups excluding carboxylic acids is 1. The van der Waals surface area contributed by atoms with Crippen LogP contribution in [-0.2, 0) is 53.5 Å². The van der Waals surface area contributed by atoms with Crippen molar-refractivity contribution >= 4 is 40.8 Å². The lowest BCUT2D eigenvalue weighted by atomic mass is 9.89. The van der Waals surface area contributed by atoms with Gasteiger partial charge in [0, 0.05) is 56.0 Å². The van der Waals surface area contributed by atoms with Crippen LogP contribution in [0.4, 0.5) is 0 Å². The molecule has 10 nitrogen and oxygen atoms in total. The highest BCUT2D eigenvalue weighted by Crippen LogP contribution is 2.27. The number of rotatable bonds is 53. The van der Waals surface area contributed by atoms with Crippen molar-refractivity contribution in [2.75, 3.05) is 23.5 Å².